The highest BCUT2D eigenvalue weighted by Gasteiger charge is 2.27. The third-order valence-electron chi connectivity index (χ3n) is 2.91. The summed E-state index contributed by atoms with van der Waals surface area (Å²) in [5.74, 6) is -1.37. The first-order chi connectivity index (χ1) is 9.54. The van der Waals surface area contributed by atoms with Crippen LogP contribution in [0.4, 0.5) is 0 Å². The number of thiazole rings is 1. The Morgan fingerprint density at radius 2 is 2.20 bits per heavy atom. The summed E-state index contributed by atoms with van der Waals surface area (Å²) in [6.07, 6.45) is 0.361. The van der Waals surface area contributed by atoms with Crippen molar-refractivity contribution < 1.29 is 14.7 Å². The van der Waals surface area contributed by atoms with Crippen molar-refractivity contribution in [2.24, 2.45) is 0 Å². The maximum Gasteiger partial charge on any atom is 0.326 e. The van der Waals surface area contributed by atoms with E-state index in [0.29, 0.717) is 12.1 Å². The fourth-order valence-electron chi connectivity index (χ4n) is 1.82. The van der Waals surface area contributed by atoms with E-state index in [0.717, 1.165) is 9.88 Å². The Morgan fingerprint density at radius 1 is 1.45 bits per heavy atom. The molecule has 0 aliphatic carbocycles. The normalized spacial score (nSPS) is 12.1. The van der Waals surface area contributed by atoms with E-state index in [1.165, 1.54) is 23.3 Å². The Morgan fingerprint density at radius 3 is 2.75 bits per heavy atom. The van der Waals surface area contributed by atoms with E-state index in [4.69, 9.17) is 5.11 Å². The number of carbonyl (C=O) groups is 2. The number of carboxylic acids is 1. The lowest BCUT2D eigenvalue weighted by molar-refractivity contribution is -0.142. The van der Waals surface area contributed by atoms with Gasteiger partial charge in [0.1, 0.15) is 16.7 Å². The van der Waals surface area contributed by atoms with Gasteiger partial charge in [-0.25, -0.2) is 9.78 Å². The highest BCUT2D eigenvalue weighted by Crippen LogP contribution is 2.28. The van der Waals surface area contributed by atoms with Crippen molar-refractivity contribution in [2.45, 2.75) is 19.4 Å². The molecule has 0 saturated carbocycles. The SMILES string of the molecule is CCC(C(=O)O)N(C)C(=O)c1csc(-c2cccs2)n1. The van der Waals surface area contributed by atoms with E-state index in [2.05, 4.69) is 4.98 Å². The molecule has 0 fully saturated rings. The first-order valence-corrected chi connectivity index (χ1v) is 7.80. The van der Waals surface area contributed by atoms with Gasteiger partial charge in [0.25, 0.3) is 5.91 Å². The van der Waals surface area contributed by atoms with Gasteiger partial charge < -0.3 is 10.0 Å². The standard InChI is InChI=1S/C13H14N2O3S2/c1-3-9(13(17)18)15(2)12(16)8-7-20-11(14-8)10-5-4-6-19-10/h4-7,9H,3H2,1-2H3,(H,17,18). The van der Waals surface area contributed by atoms with E-state index in [1.807, 2.05) is 17.5 Å². The number of nitrogens with zero attached hydrogens (tertiary/aromatic N) is 2. The van der Waals surface area contributed by atoms with Crippen LogP contribution in [0.25, 0.3) is 9.88 Å². The minimum absolute atomic E-state index is 0.292. The number of amides is 1. The van der Waals surface area contributed by atoms with Crippen molar-refractivity contribution in [3.8, 4) is 9.88 Å². The molecule has 1 amide bonds. The average Bonchev–Trinajstić information content (AvgIpc) is 3.08. The van der Waals surface area contributed by atoms with Crippen molar-refractivity contribution in [3.63, 3.8) is 0 Å². The van der Waals surface area contributed by atoms with Crippen molar-refractivity contribution in [1.82, 2.24) is 9.88 Å². The van der Waals surface area contributed by atoms with Crippen LogP contribution in [0.1, 0.15) is 23.8 Å². The summed E-state index contributed by atoms with van der Waals surface area (Å²) in [6, 6.07) is 3.04. The fourth-order valence-corrected chi connectivity index (χ4v) is 3.43. The van der Waals surface area contributed by atoms with Gasteiger partial charge in [0.15, 0.2) is 0 Å². The molecule has 0 saturated heterocycles. The average molecular weight is 310 g/mol. The topological polar surface area (TPSA) is 70.5 Å². The number of hydrogen-bond donors (Lipinski definition) is 1. The van der Waals surface area contributed by atoms with E-state index < -0.39 is 12.0 Å². The first-order valence-electron chi connectivity index (χ1n) is 6.04. The summed E-state index contributed by atoms with van der Waals surface area (Å²) in [6.45, 7) is 1.74. The number of carboxylic acid groups (broad SMARTS) is 1. The van der Waals surface area contributed by atoms with Gasteiger partial charge >= 0.3 is 5.97 Å². The van der Waals surface area contributed by atoms with Crippen LogP contribution in [0, 0.1) is 0 Å². The Labute approximate surface area is 124 Å². The van der Waals surface area contributed by atoms with E-state index >= 15 is 0 Å². The molecule has 2 aromatic heterocycles. The molecule has 0 radical (unpaired) electrons. The molecule has 2 aromatic rings. The zero-order valence-corrected chi connectivity index (χ0v) is 12.7. The van der Waals surface area contributed by atoms with Gasteiger partial charge in [-0.05, 0) is 17.9 Å². The third kappa shape index (κ3) is 2.88. The molecule has 7 heteroatoms. The molecule has 20 heavy (non-hydrogen) atoms. The Balaban J connectivity index is 2.19. The molecule has 2 heterocycles. The van der Waals surface area contributed by atoms with Gasteiger partial charge in [0, 0.05) is 12.4 Å². The van der Waals surface area contributed by atoms with Crippen LogP contribution in [0.15, 0.2) is 22.9 Å². The summed E-state index contributed by atoms with van der Waals surface area (Å²) in [5, 5.41) is 13.5. The maximum atomic E-state index is 12.2. The van der Waals surface area contributed by atoms with Gasteiger partial charge in [0.2, 0.25) is 0 Å². The molecule has 0 bridgehead atoms. The molecule has 1 unspecified atom stereocenters. The largest absolute Gasteiger partial charge is 0.480 e. The van der Waals surface area contributed by atoms with Crippen LogP contribution in [0.3, 0.4) is 0 Å². The second-order valence-electron chi connectivity index (χ2n) is 4.19. The van der Waals surface area contributed by atoms with Gasteiger partial charge in [-0.1, -0.05) is 13.0 Å². The quantitative estimate of drug-likeness (QED) is 0.922. The Bertz CT molecular complexity index is 607. The molecular weight excluding hydrogens is 296 g/mol. The second kappa shape index (κ2) is 6.15. The van der Waals surface area contributed by atoms with Gasteiger partial charge in [-0.3, -0.25) is 4.79 Å². The predicted octanol–water partition coefficient (Wildman–Crippen LogP) is 2.81. The molecule has 1 N–H and O–H groups in total. The summed E-state index contributed by atoms with van der Waals surface area (Å²) in [7, 11) is 1.49. The highest BCUT2D eigenvalue weighted by atomic mass is 32.1. The van der Waals surface area contributed by atoms with Crippen LogP contribution in [0.2, 0.25) is 0 Å². The highest BCUT2D eigenvalue weighted by molar-refractivity contribution is 7.20. The number of rotatable bonds is 5. The first kappa shape index (κ1) is 14.7. The molecule has 5 nitrogen and oxygen atoms in total. The minimum atomic E-state index is -1.00. The molecule has 2 rings (SSSR count). The van der Waals surface area contributed by atoms with Crippen molar-refractivity contribution in [3.05, 3.63) is 28.6 Å². The van der Waals surface area contributed by atoms with Crippen molar-refractivity contribution >= 4 is 34.6 Å². The number of likely N-dealkylation sites (N-methyl/N-ethyl adjacent to an activating group) is 1. The number of aliphatic carboxylic acids is 1. The third-order valence-corrected chi connectivity index (χ3v) is 4.80. The molecule has 1 atom stereocenters. The number of thiophene rings is 1. The summed E-state index contributed by atoms with van der Waals surface area (Å²) in [5.41, 5.74) is 0.292. The lowest BCUT2D eigenvalue weighted by Gasteiger charge is -2.22. The van der Waals surface area contributed by atoms with E-state index in [9.17, 15) is 9.59 Å². The molecule has 0 aromatic carbocycles. The number of carbonyl (C=O) groups excluding carboxylic acids is 1. The molecular formula is C13H14N2O3S2. The smallest absolute Gasteiger partial charge is 0.326 e. The predicted molar refractivity (Wildman–Crippen MR) is 79.2 cm³/mol. The van der Waals surface area contributed by atoms with Crippen LogP contribution in [-0.2, 0) is 4.79 Å². The van der Waals surface area contributed by atoms with Crippen LogP contribution in [-0.4, -0.2) is 40.0 Å². The second-order valence-corrected chi connectivity index (χ2v) is 6.00. The summed E-state index contributed by atoms with van der Waals surface area (Å²) >= 11 is 2.94. The van der Waals surface area contributed by atoms with Gasteiger partial charge in [0.05, 0.1) is 4.88 Å². The lowest BCUT2D eigenvalue weighted by atomic mass is 10.2. The monoisotopic (exact) mass is 310 g/mol. The molecule has 0 aliphatic heterocycles. The van der Waals surface area contributed by atoms with Crippen LogP contribution >= 0.6 is 22.7 Å². The van der Waals surface area contributed by atoms with E-state index in [1.54, 1.807) is 23.6 Å². The van der Waals surface area contributed by atoms with Crippen molar-refractivity contribution in [1.29, 1.82) is 0 Å². The number of hydrogen-bond acceptors (Lipinski definition) is 5. The lowest BCUT2D eigenvalue weighted by Crippen LogP contribution is -2.42. The summed E-state index contributed by atoms with van der Waals surface area (Å²) in [4.78, 5) is 29.9. The maximum absolute atomic E-state index is 12.2. The van der Waals surface area contributed by atoms with Crippen LogP contribution in [0.5, 0.6) is 0 Å². The van der Waals surface area contributed by atoms with Crippen molar-refractivity contribution in [2.75, 3.05) is 7.05 Å². The zero-order chi connectivity index (χ0) is 14.7. The molecule has 0 aliphatic rings. The Kier molecular flexibility index (Phi) is 4.51. The zero-order valence-electron chi connectivity index (χ0n) is 11.1. The minimum Gasteiger partial charge on any atom is -0.480 e. The fraction of sp³-hybridized carbons (Fsp3) is 0.308. The van der Waals surface area contributed by atoms with Gasteiger partial charge in [-0.15, -0.1) is 22.7 Å². The Hall–Kier alpha value is -1.73. The number of aromatic nitrogens is 1. The summed E-state index contributed by atoms with van der Waals surface area (Å²) < 4.78 is 0. The molecule has 106 valence electrons. The van der Waals surface area contributed by atoms with E-state index in [-0.39, 0.29) is 5.91 Å². The van der Waals surface area contributed by atoms with Gasteiger partial charge in [-0.2, -0.15) is 0 Å². The molecule has 0 spiro atoms. The van der Waals surface area contributed by atoms with Crippen LogP contribution < -0.4 is 0 Å².